The number of hydrogen-bond acceptors (Lipinski definition) is 4. The molecule has 0 saturated carbocycles. The highest BCUT2D eigenvalue weighted by molar-refractivity contribution is 6.30. The van der Waals surface area contributed by atoms with E-state index in [1.807, 2.05) is 0 Å². The maximum Gasteiger partial charge on any atom is 0.354 e. The molecular weight excluding hydrogens is 273 g/mol. The van der Waals surface area contributed by atoms with Crippen LogP contribution in [0.15, 0.2) is 30.3 Å². The molecule has 0 aliphatic heterocycles. The van der Waals surface area contributed by atoms with E-state index in [2.05, 4.69) is 10.3 Å². The number of nitrogens with zero attached hydrogens (tertiary/aromatic N) is 1. The van der Waals surface area contributed by atoms with Crippen LogP contribution in [0.5, 0.6) is 0 Å². The monoisotopic (exact) mass is 281 g/mol. The molecule has 0 spiro atoms. The lowest BCUT2D eigenvalue weighted by atomic mass is 10.3. The summed E-state index contributed by atoms with van der Waals surface area (Å²) in [5.74, 6) is -1.58. The van der Waals surface area contributed by atoms with Crippen LogP contribution in [0.25, 0.3) is 0 Å². The maximum atomic E-state index is 13.2. The molecule has 98 valence electrons. The zero-order chi connectivity index (χ0) is 14.0. The van der Waals surface area contributed by atoms with Gasteiger partial charge in [-0.15, -0.1) is 0 Å². The number of nitrogens with one attached hydrogen (secondary N) is 1. The summed E-state index contributed by atoms with van der Waals surface area (Å²) in [5, 5.41) is 11.8. The number of aromatic carboxylic acids is 1. The van der Waals surface area contributed by atoms with E-state index >= 15 is 0 Å². The highest BCUT2D eigenvalue weighted by atomic mass is 35.5. The van der Waals surface area contributed by atoms with Gasteiger partial charge in [-0.2, -0.15) is 0 Å². The van der Waals surface area contributed by atoms with Crippen molar-refractivity contribution in [2.24, 2.45) is 0 Å². The maximum absolute atomic E-state index is 13.2. The molecule has 0 fully saturated rings. The summed E-state index contributed by atoms with van der Waals surface area (Å²) in [6.07, 6.45) is 0. The molecule has 1 aromatic carbocycles. The molecule has 0 bridgehead atoms. The molecular formula is C12H9ClFN3O2. The third-order valence-electron chi connectivity index (χ3n) is 2.27. The number of carboxylic acids is 1. The first-order valence-corrected chi connectivity index (χ1v) is 5.56. The average Bonchev–Trinajstić information content (AvgIpc) is 2.30. The zero-order valence-corrected chi connectivity index (χ0v) is 10.3. The van der Waals surface area contributed by atoms with Crippen molar-refractivity contribution in [3.8, 4) is 0 Å². The molecule has 1 heterocycles. The molecule has 0 atom stereocenters. The molecule has 5 nitrogen and oxygen atoms in total. The smallest absolute Gasteiger partial charge is 0.354 e. The molecule has 0 saturated heterocycles. The lowest BCUT2D eigenvalue weighted by Crippen LogP contribution is -2.05. The van der Waals surface area contributed by atoms with Crippen molar-refractivity contribution in [2.75, 3.05) is 11.1 Å². The Morgan fingerprint density at radius 1 is 1.37 bits per heavy atom. The van der Waals surface area contributed by atoms with Gasteiger partial charge >= 0.3 is 5.97 Å². The van der Waals surface area contributed by atoms with Crippen molar-refractivity contribution in [1.82, 2.24) is 4.98 Å². The fraction of sp³-hybridized carbons (Fsp3) is 0. The number of anilines is 3. The number of pyridine rings is 1. The number of carbonyl (C=O) groups is 1. The fourth-order valence-electron chi connectivity index (χ4n) is 1.45. The van der Waals surface area contributed by atoms with Gasteiger partial charge in [0.25, 0.3) is 0 Å². The van der Waals surface area contributed by atoms with Gasteiger partial charge in [-0.3, -0.25) is 0 Å². The standard InChI is InChI=1S/C12H9ClFN3O2/c13-6-3-7(14)5-8(4-6)16-11-9(15)1-2-10(17-11)12(18)19/h1-5H,15H2,(H,16,17)(H,18,19). The Morgan fingerprint density at radius 2 is 2.11 bits per heavy atom. The van der Waals surface area contributed by atoms with Crippen molar-refractivity contribution in [3.63, 3.8) is 0 Å². The number of nitrogens with two attached hydrogens (primary N) is 1. The van der Waals surface area contributed by atoms with Crippen LogP contribution >= 0.6 is 11.6 Å². The molecule has 0 unspecified atom stereocenters. The van der Waals surface area contributed by atoms with E-state index in [-0.39, 0.29) is 22.2 Å². The third kappa shape index (κ3) is 3.11. The first kappa shape index (κ1) is 13.1. The first-order valence-electron chi connectivity index (χ1n) is 5.18. The van der Waals surface area contributed by atoms with Gasteiger partial charge in [0.05, 0.1) is 5.69 Å². The number of aromatic nitrogens is 1. The minimum atomic E-state index is -1.18. The molecule has 1 aromatic heterocycles. The molecule has 2 rings (SSSR count). The quantitative estimate of drug-likeness (QED) is 0.805. The summed E-state index contributed by atoms with van der Waals surface area (Å²) in [4.78, 5) is 14.6. The van der Waals surface area contributed by atoms with E-state index in [4.69, 9.17) is 22.4 Å². The highest BCUT2D eigenvalue weighted by Gasteiger charge is 2.09. The van der Waals surface area contributed by atoms with Crippen LogP contribution in [0.2, 0.25) is 5.02 Å². The van der Waals surface area contributed by atoms with Gasteiger partial charge in [0.2, 0.25) is 0 Å². The van der Waals surface area contributed by atoms with Crippen LogP contribution in [-0.2, 0) is 0 Å². The van der Waals surface area contributed by atoms with Gasteiger partial charge < -0.3 is 16.2 Å². The minimum absolute atomic E-state index is 0.126. The number of benzene rings is 1. The Bertz CT molecular complexity index is 629. The summed E-state index contributed by atoms with van der Waals surface area (Å²) >= 11 is 5.71. The van der Waals surface area contributed by atoms with Crippen LogP contribution in [0.3, 0.4) is 0 Å². The normalized spacial score (nSPS) is 10.2. The lowest BCUT2D eigenvalue weighted by molar-refractivity contribution is 0.0690. The van der Waals surface area contributed by atoms with Gasteiger partial charge in [0, 0.05) is 10.7 Å². The van der Waals surface area contributed by atoms with Crippen molar-refractivity contribution >= 4 is 34.8 Å². The van der Waals surface area contributed by atoms with Gasteiger partial charge in [-0.25, -0.2) is 14.2 Å². The Balaban J connectivity index is 2.37. The molecule has 0 amide bonds. The molecule has 0 radical (unpaired) electrons. The molecule has 19 heavy (non-hydrogen) atoms. The van der Waals surface area contributed by atoms with Crippen LogP contribution in [0.4, 0.5) is 21.6 Å². The fourth-order valence-corrected chi connectivity index (χ4v) is 1.67. The molecule has 0 aliphatic rings. The number of nitrogen functional groups attached to an aromatic ring is 1. The van der Waals surface area contributed by atoms with Crippen molar-refractivity contribution in [2.45, 2.75) is 0 Å². The first-order chi connectivity index (χ1) is 8.95. The summed E-state index contributed by atoms with van der Waals surface area (Å²) in [5.41, 5.74) is 6.07. The Labute approximate surface area is 112 Å². The molecule has 4 N–H and O–H groups in total. The number of halogens is 2. The van der Waals surface area contributed by atoms with Gasteiger partial charge in [-0.05, 0) is 30.3 Å². The second-order valence-corrected chi connectivity index (χ2v) is 4.16. The number of rotatable bonds is 3. The van der Waals surface area contributed by atoms with E-state index < -0.39 is 11.8 Å². The minimum Gasteiger partial charge on any atom is -0.477 e. The summed E-state index contributed by atoms with van der Waals surface area (Å²) < 4.78 is 13.2. The lowest BCUT2D eigenvalue weighted by Gasteiger charge is -2.09. The average molecular weight is 282 g/mol. The SMILES string of the molecule is Nc1ccc(C(=O)O)nc1Nc1cc(F)cc(Cl)c1. The molecule has 7 heteroatoms. The second kappa shape index (κ2) is 5.11. The summed E-state index contributed by atoms with van der Waals surface area (Å²) in [7, 11) is 0. The van der Waals surface area contributed by atoms with Crippen LogP contribution in [-0.4, -0.2) is 16.1 Å². The van der Waals surface area contributed by atoms with Crippen molar-refractivity contribution in [1.29, 1.82) is 0 Å². The predicted octanol–water partition coefficient (Wildman–Crippen LogP) is 2.90. The van der Waals surface area contributed by atoms with Crippen LogP contribution < -0.4 is 11.1 Å². The van der Waals surface area contributed by atoms with Crippen LogP contribution in [0.1, 0.15) is 10.5 Å². The van der Waals surface area contributed by atoms with Crippen molar-refractivity contribution < 1.29 is 14.3 Å². The van der Waals surface area contributed by atoms with E-state index in [0.29, 0.717) is 5.69 Å². The van der Waals surface area contributed by atoms with E-state index in [1.54, 1.807) is 0 Å². The van der Waals surface area contributed by atoms with Gasteiger partial charge in [0.15, 0.2) is 11.5 Å². The molecule has 0 aliphatic carbocycles. The van der Waals surface area contributed by atoms with Gasteiger partial charge in [-0.1, -0.05) is 11.6 Å². The van der Waals surface area contributed by atoms with E-state index in [9.17, 15) is 9.18 Å². The Kier molecular flexibility index (Phi) is 3.52. The zero-order valence-electron chi connectivity index (χ0n) is 9.52. The Morgan fingerprint density at radius 3 is 2.74 bits per heavy atom. The second-order valence-electron chi connectivity index (χ2n) is 3.72. The van der Waals surface area contributed by atoms with Crippen LogP contribution in [0, 0.1) is 5.82 Å². The summed E-state index contributed by atoms with van der Waals surface area (Å²) in [6.45, 7) is 0. The summed E-state index contributed by atoms with van der Waals surface area (Å²) in [6, 6.07) is 6.50. The number of hydrogen-bond donors (Lipinski definition) is 3. The highest BCUT2D eigenvalue weighted by Crippen LogP contribution is 2.24. The Hall–Kier alpha value is -2.34. The molecule has 2 aromatic rings. The van der Waals surface area contributed by atoms with Gasteiger partial charge in [0.1, 0.15) is 5.82 Å². The topological polar surface area (TPSA) is 88.2 Å². The third-order valence-corrected chi connectivity index (χ3v) is 2.49. The van der Waals surface area contributed by atoms with E-state index in [1.165, 1.54) is 24.3 Å². The number of carboxylic acid groups (broad SMARTS) is 1. The predicted molar refractivity (Wildman–Crippen MR) is 70.3 cm³/mol. The largest absolute Gasteiger partial charge is 0.477 e. The van der Waals surface area contributed by atoms with E-state index in [0.717, 1.165) is 6.07 Å². The van der Waals surface area contributed by atoms with Crippen molar-refractivity contribution in [3.05, 3.63) is 46.9 Å².